The molecule has 0 aromatic heterocycles. The lowest BCUT2D eigenvalue weighted by atomic mass is 10.2. The molecule has 0 spiro atoms. The van der Waals surface area contributed by atoms with Crippen LogP contribution in [0.4, 0.5) is 15.8 Å². The van der Waals surface area contributed by atoms with E-state index in [9.17, 15) is 9.18 Å². The van der Waals surface area contributed by atoms with Crippen LogP contribution in [0, 0.1) is 5.82 Å². The van der Waals surface area contributed by atoms with E-state index in [1.165, 1.54) is 30.4 Å². The average molecular weight is 297 g/mol. The Hall–Kier alpha value is -1.27. The quantitative estimate of drug-likeness (QED) is 0.818. The smallest absolute Gasteiger partial charge is 0.225 e. The van der Waals surface area contributed by atoms with Gasteiger partial charge in [-0.2, -0.15) is 11.8 Å². The molecule has 1 unspecified atom stereocenters. The van der Waals surface area contributed by atoms with Crippen LogP contribution in [0.1, 0.15) is 12.8 Å². The standard InChI is InChI=1S/C14H20FN3OS/c1-18(11-5-7-20-9-11)6-4-14(19)17-10-2-3-12(15)13(16)8-10/h2-3,8,11H,4-7,9,16H2,1H3,(H,17,19). The zero-order valence-corrected chi connectivity index (χ0v) is 12.4. The average Bonchev–Trinajstić information content (AvgIpc) is 2.94. The predicted molar refractivity (Wildman–Crippen MR) is 82.4 cm³/mol. The van der Waals surface area contributed by atoms with Gasteiger partial charge in [0.1, 0.15) is 5.82 Å². The molecule has 1 amide bonds. The van der Waals surface area contributed by atoms with Gasteiger partial charge in [0.25, 0.3) is 0 Å². The van der Waals surface area contributed by atoms with Crippen LogP contribution in [0.25, 0.3) is 0 Å². The van der Waals surface area contributed by atoms with Crippen LogP contribution in [0.3, 0.4) is 0 Å². The summed E-state index contributed by atoms with van der Waals surface area (Å²) in [6.07, 6.45) is 1.62. The molecule has 0 bridgehead atoms. The molecule has 2 rings (SSSR count). The third-order valence-electron chi connectivity index (χ3n) is 3.50. The number of hydrogen-bond donors (Lipinski definition) is 2. The molecule has 6 heteroatoms. The highest BCUT2D eigenvalue weighted by Crippen LogP contribution is 2.21. The van der Waals surface area contributed by atoms with Crippen molar-refractivity contribution in [3.05, 3.63) is 24.0 Å². The number of halogens is 1. The molecule has 1 atom stereocenters. The summed E-state index contributed by atoms with van der Waals surface area (Å²) in [7, 11) is 2.06. The number of nitrogen functional groups attached to an aromatic ring is 1. The Morgan fingerprint density at radius 2 is 2.40 bits per heavy atom. The number of amides is 1. The summed E-state index contributed by atoms with van der Waals surface area (Å²) in [5, 5.41) is 2.74. The van der Waals surface area contributed by atoms with Gasteiger partial charge in [-0.25, -0.2) is 4.39 Å². The first kappa shape index (κ1) is 15.1. The van der Waals surface area contributed by atoms with Gasteiger partial charge in [0.05, 0.1) is 5.69 Å². The van der Waals surface area contributed by atoms with E-state index in [4.69, 9.17) is 5.73 Å². The highest BCUT2D eigenvalue weighted by Gasteiger charge is 2.20. The van der Waals surface area contributed by atoms with E-state index in [-0.39, 0.29) is 11.6 Å². The molecule has 1 aromatic carbocycles. The number of hydrogen-bond acceptors (Lipinski definition) is 4. The minimum atomic E-state index is -0.471. The van der Waals surface area contributed by atoms with Crippen molar-refractivity contribution in [1.29, 1.82) is 0 Å². The number of thioether (sulfide) groups is 1. The van der Waals surface area contributed by atoms with E-state index in [1.807, 2.05) is 11.8 Å². The second kappa shape index (κ2) is 6.95. The number of benzene rings is 1. The number of nitrogens with zero attached hydrogens (tertiary/aromatic N) is 1. The van der Waals surface area contributed by atoms with Gasteiger partial charge in [-0.1, -0.05) is 0 Å². The lowest BCUT2D eigenvalue weighted by Gasteiger charge is -2.22. The predicted octanol–water partition coefficient (Wildman–Crippen LogP) is 2.17. The monoisotopic (exact) mass is 297 g/mol. The van der Waals surface area contributed by atoms with Crippen LogP contribution in [0.2, 0.25) is 0 Å². The normalized spacial score (nSPS) is 18.4. The van der Waals surface area contributed by atoms with Crippen molar-refractivity contribution < 1.29 is 9.18 Å². The van der Waals surface area contributed by atoms with E-state index in [0.29, 0.717) is 18.2 Å². The second-order valence-corrected chi connectivity index (χ2v) is 6.18. The van der Waals surface area contributed by atoms with Gasteiger partial charge in [-0.3, -0.25) is 4.79 Å². The molecule has 1 aliphatic heterocycles. The number of nitrogens with two attached hydrogens (primary N) is 1. The van der Waals surface area contributed by atoms with E-state index in [0.717, 1.165) is 12.3 Å². The van der Waals surface area contributed by atoms with Crippen molar-refractivity contribution in [2.75, 3.05) is 36.1 Å². The van der Waals surface area contributed by atoms with Gasteiger partial charge in [0, 0.05) is 30.4 Å². The Morgan fingerprint density at radius 3 is 3.05 bits per heavy atom. The molecule has 20 heavy (non-hydrogen) atoms. The maximum absolute atomic E-state index is 13.0. The van der Waals surface area contributed by atoms with Crippen molar-refractivity contribution in [3.8, 4) is 0 Å². The van der Waals surface area contributed by atoms with Gasteiger partial charge < -0.3 is 16.0 Å². The SMILES string of the molecule is CN(CCC(=O)Nc1ccc(F)c(N)c1)C1CCSC1. The molecule has 1 aromatic rings. The molecule has 110 valence electrons. The zero-order valence-electron chi connectivity index (χ0n) is 11.6. The van der Waals surface area contributed by atoms with Crippen LogP contribution in [-0.2, 0) is 4.79 Å². The van der Waals surface area contributed by atoms with Gasteiger partial charge in [0.15, 0.2) is 0 Å². The van der Waals surface area contributed by atoms with Gasteiger partial charge in [-0.15, -0.1) is 0 Å². The summed E-state index contributed by atoms with van der Waals surface area (Å²) in [5.41, 5.74) is 6.04. The molecule has 0 radical (unpaired) electrons. The number of anilines is 2. The Labute approximate surface area is 122 Å². The Kier molecular flexibility index (Phi) is 5.25. The lowest BCUT2D eigenvalue weighted by molar-refractivity contribution is -0.116. The van der Waals surface area contributed by atoms with Gasteiger partial charge >= 0.3 is 0 Å². The molecule has 1 saturated heterocycles. The molecule has 3 N–H and O–H groups in total. The molecule has 4 nitrogen and oxygen atoms in total. The molecule has 1 heterocycles. The number of nitrogens with one attached hydrogen (secondary N) is 1. The van der Waals surface area contributed by atoms with Crippen LogP contribution >= 0.6 is 11.8 Å². The zero-order chi connectivity index (χ0) is 14.5. The summed E-state index contributed by atoms with van der Waals surface area (Å²) < 4.78 is 13.0. The second-order valence-electron chi connectivity index (χ2n) is 5.03. The van der Waals surface area contributed by atoms with Crippen molar-refractivity contribution >= 4 is 29.0 Å². The van der Waals surface area contributed by atoms with Crippen molar-refractivity contribution in [1.82, 2.24) is 4.90 Å². The first-order chi connectivity index (χ1) is 9.56. The fraction of sp³-hybridized carbons (Fsp3) is 0.500. The Balaban J connectivity index is 1.78. The molecular formula is C14H20FN3OS. The fourth-order valence-electron chi connectivity index (χ4n) is 2.18. The Morgan fingerprint density at radius 1 is 1.60 bits per heavy atom. The van der Waals surface area contributed by atoms with Crippen LogP contribution in [-0.4, -0.2) is 41.9 Å². The van der Waals surface area contributed by atoms with E-state index in [1.54, 1.807) is 0 Å². The van der Waals surface area contributed by atoms with E-state index < -0.39 is 5.82 Å². The van der Waals surface area contributed by atoms with E-state index >= 15 is 0 Å². The summed E-state index contributed by atoms with van der Waals surface area (Å²) >= 11 is 1.96. The highest BCUT2D eigenvalue weighted by atomic mass is 32.2. The van der Waals surface area contributed by atoms with Crippen LogP contribution < -0.4 is 11.1 Å². The summed E-state index contributed by atoms with van der Waals surface area (Å²) in [4.78, 5) is 14.1. The first-order valence-corrected chi connectivity index (χ1v) is 7.84. The largest absolute Gasteiger partial charge is 0.396 e. The van der Waals surface area contributed by atoms with Crippen molar-refractivity contribution in [3.63, 3.8) is 0 Å². The minimum Gasteiger partial charge on any atom is -0.396 e. The molecule has 1 fully saturated rings. The third-order valence-corrected chi connectivity index (χ3v) is 4.65. The molecule has 1 aliphatic rings. The van der Waals surface area contributed by atoms with Gasteiger partial charge in [0.2, 0.25) is 5.91 Å². The van der Waals surface area contributed by atoms with E-state index in [2.05, 4.69) is 17.3 Å². The molecule has 0 aliphatic carbocycles. The van der Waals surface area contributed by atoms with Crippen LogP contribution in [0.5, 0.6) is 0 Å². The highest BCUT2D eigenvalue weighted by molar-refractivity contribution is 7.99. The van der Waals surface area contributed by atoms with Crippen molar-refractivity contribution in [2.45, 2.75) is 18.9 Å². The number of carbonyl (C=O) groups excluding carboxylic acids is 1. The topological polar surface area (TPSA) is 58.4 Å². The van der Waals surface area contributed by atoms with Crippen molar-refractivity contribution in [2.24, 2.45) is 0 Å². The van der Waals surface area contributed by atoms with Crippen LogP contribution in [0.15, 0.2) is 18.2 Å². The minimum absolute atomic E-state index is 0.0444. The molecule has 0 saturated carbocycles. The summed E-state index contributed by atoms with van der Waals surface area (Å²) in [5.74, 6) is 1.80. The maximum atomic E-state index is 13.0. The summed E-state index contributed by atoms with van der Waals surface area (Å²) in [6.45, 7) is 0.730. The first-order valence-electron chi connectivity index (χ1n) is 6.69. The molecular weight excluding hydrogens is 277 g/mol. The fourth-order valence-corrected chi connectivity index (χ4v) is 3.47. The summed E-state index contributed by atoms with van der Waals surface area (Å²) in [6, 6.07) is 4.78. The third kappa shape index (κ3) is 4.11. The number of carbonyl (C=O) groups is 1. The lowest BCUT2D eigenvalue weighted by Crippen LogP contribution is -2.34. The Bertz CT molecular complexity index is 477. The van der Waals surface area contributed by atoms with Gasteiger partial charge in [-0.05, 0) is 37.4 Å². The number of rotatable bonds is 5. The maximum Gasteiger partial charge on any atom is 0.225 e.